The lowest BCUT2D eigenvalue weighted by Crippen LogP contribution is -2.29. The molecule has 1 atom stereocenters. The number of ketones is 1. The van der Waals surface area contributed by atoms with Gasteiger partial charge in [0.15, 0.2) is 0 Å². The lowest BCUT2D eigenvalue weighted by atomic mass is 9.94. The molecular formula is C25H19ClFNO3. The third-order valence-corrected chi connectivity index (χ3v) is 5.73. The first-order valence-electron chi connectivity index (χ1n) is 9.67. The van der Waals surface area contributed by atoms with E-state index in [9.17, 15) is 19.1 Å². The molecule has 31 heavy (non-hydrogen) atoms. The lowest BCUT2D eigenvalue weighted by molar-refractivity contribution is -0.132. The van der Waals surface area contributed by atoms with E-state index in [2.05, 4.69) is 0 Å². The Morgan fingerprint density at radius 1 is 0.968 bits per heavy atom. The predicted molar refractivity (Wildman–Crippen MR) is 119 cm³/mol. The highest BCUT2D eigenvalue weighted by Crippen LogP contribution is 2.42. The molecule has 1 unspecified atom stereocenters. The molecule has 3 aromatic rings. The molecule has 1 N–H and O–H groups in total. The SMILES string of the molecule is Cc1ccc(/C(O)=C2\C(=O)C(=O)N(c3cccc(Cl)c3)C2c2ccc(F)cc2)cc1C. The van der Waals surface area contributed by atoms with Gasteiger partial charge in [0.05, 0.1) is 11.6 Å². The molecule has 156 valence electrons. The van der Waals surface area contributed by atoms with Crippen LogP contribution in [0.15, 0.2) is 72.3 Å². The van der Waals surface area contributed by atoms with Crippen LogP contribution in [-0.4, -0.2) is 16.8 Å². The average Bonchev–Trinajstić information content (AvgIpc) is 3.01. The van der Waals surface area contributed by atoms with E-state index in [-0.39, 0.29) is 11.3 Å². The average molecular weight is 436 g/mol. The van der Waals surface area contributed by atoms with Crippen LogP contribution in [0, 0.1) is 19.7 Å². The van der Waals surface area contributed by atoms with Crippen LogP contribution in [0.2, 0.25) is 5.02 Å². The summed E-state index contributed by atoms with van der Waals surface area (Å²) in [4.78, 5) is 27.4. The molecule has 0 aromatic heterocycles. The van der Waals surface area contributed by atoms with Crippen molar-refractivity contribution >= 4 is 34.7 Å². The van der Waals surface area contributed by atoms with E-state index < -0.39 is 23.5 Å². The van der Waals surface area contributed by atoms with Crippen molar-refractivity contribution in [1.29, 1.82) is 0 Å². The number of anilines is 1. The minimum Gasteiger partial charge on any atom is -0.507 e. The summed E-state index contributed by atoms with van der Waals surface area (Å²) in [6.07, 6.45) is 0. The second-order valence-electron chi connectivity index (χ2n) is 7.50. The Morgan fingerprint density at radius 3 is 2.32 bits per heavy atom. The number of halogens is 2. The van der Waals surface area contributed by atoms with Crippen molar-refractivity contribution in [1.82, 2.24) is 0 Å². The molecule has 0 spiro atoms. The largest absolute Gasteiger partial charge is 0.507 e. The van der Waals surface area contributed by atoms with Crippen molar-refractivity contribution in [2.75, 3.05) is 4.90 Å². The molecule has 1 saturated heterocycles. The monoisotopic (exact) mass is 435 g/mol. The van der Waals surface area contributed by atoms with E-state index in [1.807, 2.05) is 19.9 Å². The summed E-state index contributed by atoms with van der Waals surface area (Å²) >= 11 is 6.12. The molecule has 0 bridgehead atoms. The third kappa shape index (κ3) is 3.73. The molecule has 0 aliphatic carbocycles. The third-order valence-electron chi connectivity index (χ3n) is 5.50. The van der Waals surface area contributed by atoms with E-state index in [0.717, 1.165) is 11.1 Å². The van der Waals surface area contributed by atoms with Crippen LogP contribution in [0.4, 0.5) is 10.1 Å². The number of aryl methyl sites for hydroxylation is 2. The van der Waals surface area contributed by atoms with Crippen molar-refractivity contribution in [3.8, 4) is 0 Å². The number of hydrogen-bond acceptors (Lipinski definition) is 3. The van der Waals surface area contributed by atoms with Gasteiger partial charge in [-0.15, -0.1) is 0 Å². The van der Waals surface area contributed by atoms with Crippen LogP contribution < -0.4 is 4.90 Å². The van der Waals surface area contributed by atoms with Gasteiger partial charge in [0.25, 0.3) is 11.7 Å². The Morgan fingerprint density at radius 2 is 1.68 bits per heavy atom. The van der Waals surface area contributed by atoms with Gasteiger partial charge in [-0.3, -0.25) is 14.5 Å². The normalized spacial score (nSPS) is 17.9. The van der Waals surface area contributed by atoms with E-state index >= 15 is 0 Å². The maximum Gasteiger partial charge on any atom is 0.300 e. The van der Waals surface area contributed by atoms with Gasteiger partial charge >= 0.3 is 0 Å². The molecule has 0 saturated carbocycles. The van der Waals surface area contributed by atoms with Crippen molar-refractivity contribution < 1.29 is 19.1 Å². The number of aliphatic hydroxyl groups is 1. The van der Waals surface area contributed by atoms with E-state index in [0.29, 0.717) is 21.8 Å². The number of carbonyl (C=O) groups is 2. The maximum absolute atomic E-state index is 13.6. The number of nitrogens with zero attached hydrogens (tertiary/aromatic N) is 1. The highest BCUT2D eigenvalue weighted by atomic mass is 35.5. The molecule has 1 amide bonds. The molecule has 4 nitrogen and oxygen atoms in total. The summed E-state index contributed by atoms with van der Waals surface area (Å²) in [7, 11) is 0. The first-order chi connectivity index (χ1) is 14.8. The van der Waals surface area contributed by atoms with Crippen LogP contribution in [0.25, 0.3) is 5.76 Å². The Kier molecular flexibility index (Phi) is 5.38. The first kappa shape index (κ1) is 20.8. The van der Waals surface area contributed by atoms with Gasteiger partial charge in [0.1, 0.15) is 11.6 Å². The number of hydrogen-bond donors (Lipinski definition) is 1. The summed E-state index contributed by atoms with van der Waals surface area (Å²) in [6, 6.07) is 16.4. The van der Waals surface area contributed by atoms with Gasteiger partial charge in [0, 0.05) is 16.3 Å². The highest BCUT2D eigenvalue weighted by molar-refractivity contribution is 6.51. The molecule has 0 radical (unpaired) electrons. The summed E-state index contributed by atoms with van der Waals surface area (Å²) in [5.41, 5.74) is 3.24. The van der Waals surface area contributed by atoms with Gasteiger partial charge in [-0.2, -0.15) is 0 Å². The van der Waals surface area contributed by atoms with Crippen LogP contribution in [-0.2, 0) is 9.59 Å². The highest BCUT2D eigenvalue weighted by Gasteiger charge is 2.47. The van der Waals surface area contributed by atoms with Gasteiger partial charge in [0.2, 0.25) is 0 Å². The fourth-order valence-electron chi connectivity index (χ4n) is 3.73. The van der Waals surface area contributed by atoms with Gasteiger partial charge in [-0.05, 0) is 66.9 Å². The Hall–Kier alpha value is -3.44. The summed E-state index contributed by atoms with van der Waals surface area (Å²) in [6.45, 7) is 3.84. The Balaban J connectivity index is 1.96. The van der Waals surface area contributed by atoms with E-state index in [4.69, 9.17) is 11.6 Å². The van der Waals surface area contributed by atoms with Crippen molar-refractivity contribution in [2.24, 2.45) is 0 Å². The number of carbonyl (C=O) groups excluding carboxylic acids is 2. The second kappa shape index (κ2) is 8.00. The van der Waals surface area contributed by atoms with Gasteiger partial charge in [-0.25, -0.2) is 4.39 Å². The minimum atomic E-state index is -0.930. The molecule has 1 aliphatic heterocycles. The molecule has 1 aliphatic rings. The fourth-order valence-corrected chi connectivity index (χ4v) is 3.91. The van der Waals surface area contributed by atoms with Crippen molar-refractivity contribution in [3.05, 3.63) is 105 Å². The van der Waals surface area contributed by atoms with E-state index in [1.165, 1.54) is 29.2 Å². The topological polar surface area (TPSA) is 57.6 Å². The molecule has 4 rings (SSSR count). The maximum atomic E-state index is 13.6. The van der Waals surface area contributed by atoms with Gasteiger partial charge < -0.3 is 5.11 Å². The number of benzene rings is 3. The van der Waals surface area contributed by atoms with Crippen molar-refractivity contribution in [2.45, 2.75) is 19.9 Å². The van der Waals surface area contributed by atoms with Crippen molar-refractivity contribution in [3.63, 3.8) is 0 Å². The standard InChI is InChI=1S/C25H19ClFNO3/c1-14-6-7-17(12-15(14)2)23(29)21-22(16-8-10-19(27)11-9-16)28(25(31)24(21)30)20-5-3-4-18(26)13-20/h3-13,22,29H,1-2H3/b23-21+. The van der Waals surface area contributed by atoms with Gasteiger partial charge in [-0.1, -0.05) is 41.9 Å². The first-order valence-corrected chi connectivity index (χ1v) is 10.1. The van der Waals surface area contributed by atoms with E-state index in [1.54, 1.807) is 36.4 Å². The summed E-state index contributed by atoms with van der Waals surface area (Å²) in [5, 5.41) is 11.5. The predicted octanol–water partition coefficient (Wildman–Crippen LogP) is 5.72. The summed E-state index contributed by atoms with van der Waals surface area (Å²) < 4.78 is 13.6. The zero-order chi connectivity index (χ0) is 22.3. The Bertz CT molecular complexity index is 1230. The Labute approximate surface area is 184 Å². The number of amides is 1. The van der Waals surface area contributed by atoms with Crippen LogP contribution in [0.3, 0.4) is 0 Å². The molecule has 1 heterocycles. The number of aliphatic hydroxyl groups excluding tert-OH is 1. The fraction of sp³-hybridized carbons (Fsp3) is 0.120. The zero-order valence-electron chi connectivity index (χ0n) is 16.9. The number of rotatable bonds is 3. The molecule has 1 fully saturated rings. The van der Waals surface area contributed by atoms with Crippen LogP contribution in [0.1, 0.15) is 28.3 Å². The second-order valence-corrected chi connectivity index (χ2v) is 7.94. The minimum absolute atomic E-state index is 0.0557. The lowest BCUT2D eigenvalue weighted by Gasteiger charge is -2.25. The number of Topliss-reactive ketones (excluding diaryl/α,β-unsaturated/α-hetero) is 1. The summed E-state index contributed by atoms with van der Waals surface area (Å²) in [5.74, 6) is -2.33. The quantitative estimate of drug-likeness (QED) is 0.325. The molecule has 3 aromatic carbocycles. The zero-order valence-corrected chi connectivity index (χ0v) is 17.7. The molecule has 6 heteroatoms. The van der Waals surface area contributed by atoms with Crippen LogP contribution in [0.5, 0.6) is 0 Å². The molecular weight excluding hydrogens is 417 g/mol. The van der Waals surface area contributed by atoms with Crippen LogP contribution >= 0.6 is 11.6 Å². The smallest absolute Gasteiger partial charge is 0.300 e.